The highest BCUT2D eigenvalue weighted by atomic mass is 16.5. The predicted molar refractivity (Wildman–Crippen MR) is 69.3 cm³/mol. The first-order valence-electron chi connectivity index (χ1n) is 6.04. The molecule has 18 heavy (non-hydrogen) atoms. The molecule has 0 aromatic carbocycles. The fraction of sp³-hybridized carbons (Fsp3) is 0.692. The zero-order chi connectivity index (χ0) is 14.0. The smallest absolute Gasteiger partial charge is 0.303 e. The number of nitrogens with one attached hydrogen (secondary N) is 1. The largest absolute Gasteiger partial charge is 0.481 e. The highest BCUT2D eigenvalue weighted by molar-refractivity contribution is 5.77. The quantitative estimate of drug-likeness (QED) is 0.460. The molecule has 104 valence electrons. The van der Waals surface area contributed by atoms with E-state index in [4.69, 9.17) is 9.84 Å². The lowest BCUT2D eigenvalue weighted by Gasteiger charge is -2.21. The fourth-order valence-electron chi connectivity index (χ4n) is 1.50. The van der Waals surface area contributed by atoms with E-state index in [9.17, 15) is 9.59 Å². The van der Waals surface area contributed by atoms with Crippen LogP contribution < -0.4 is 5.32 Å². The highest BCUT2D eigenvalue weighted by Crippen LogP contribution is 2.24. The van der Waals surface area contributed by atoms with Crippen LogP contribution in [0.3, 0.4) is 0 Å². The highest BCUT2D eigenvalue weighted by Gasteiger charge is 2.24. The number of carboxylic acids is 1. The predicted octanol–water partition coefficient (Wildman–Crippen LogP) is 1.59. The van der Waals surface area contributed by atoms with Crippen molar-refractivity contribution in [2.75, 3.05) is 19.8 Å². The molecule has 0 unspecified atom stereocenters. The number of carbonyl (C=O) groups is 2. The molecule has 0 aromatic heterocycles. The summed E-state index contributed by atoms with van der Waals surface area (Å²) in [6.07, 6.45) is 2.74. The summed E-state index contributed by atoms with van der Waals surface area (Å²) >= 11 is 0. The van der Waals surface area contributed by atoms with Crippen LogP contribution in [-0.2, 0) is 14.3 Å². The molecule has 5 heteroatoms. The summed E-state index contributed by atoms with van der Waals surface area (Å²) in [7, 11) is 0. The molecule has 0 rings (SSSR count). The zero-order valence-corrected chi connectivity index (χ0v) is 11.2. The van der Waals surface area contributed by atoms with E-state index in [1.54, 1.807) is 19.9 Å². The molecule has 0 saturated heterocycles. The molecule has 0 bridgehead atoms. The Labute approximate surface area is 108 Å². The number of carboxylic acid groups (broad SMARTS) is 1. The van der Waals surface area contributed by atoms with Gasteiger partial charge in [0.1, 0.15) is 0 Å². The van der Waals surface area contributed by atoms with Crippen molar-refractivity contribution in [2.45, 2.75) is 33.1 Å². The standard InChI is InChI=1S/C13H23NO4/c1-4-5-7-18-8-6-14-11(15)9-13(2,3)10-12(16)17/h4H,1,5-10H2,2-3H3,(H,14,15)(H,16,17). The van der Waals surface area contributed by atoms with Gasteiger partial charge in [-0.3, -0.25) is 9.59 Å². The molecular weight excluding hydrogens is 234 g/mol. The number of carbonyl (C=O) groups excluding carboxylic acids is 1. The van der Waals surface area contributed by atoms with Crippen LogP contribution in [0.5, 0.6) is 0 Å². The van der Waals surface area contributed by atoms with Crippen molar-refractivity contribution in [3.05, 3.63) is 12.7 Å². The first-order chi connectivity index (χ1) is 8.37. The van der Waals surface area contributed by atoms with Gasteiger partial charge in [-0.2, -0.15) is 0 Å². The molecule has 0 aliphatic carbocycles. The molecule has 0 aliphatic rings. The lowest BCUT2D eigenvalue weighted by atomic mass is 9.85. The first kappa shape index (κ1) is 16.6. The van der Waals surface area contributed by atoms with Crippen LogP contribution in [0.1, 0.15) is 33.1 Å². The van der Waals surface area contributed by atoms with Gasteiger partial charge in [-0.15, -0.1) is 6.58 Å². The molecule has 0 atom stereocenters. The van der Waals surface area contributed by atoms with Gasteiger partial charge in [-0.05, 0) is 11.8 Å². The van der Waals surface area contributed by atoms with Gasteiger partial charge in [0.05, 0.1) is 19.6 Å². The minimum absolute atomic E-state index is 0.0176. The number of hydrogen-bond acceptors (Lipinski definition) is 3. The Morgan fingerprint density at radius 3 is 2.56 bits per heavy atom. The van der Waals surface area contributed by atoms with E-state index in [1.807, 2.05) is 0 Å². The second-order valence-corrected chi connectivity index (χ2v) is 4.95. The third-order valence-corrected chi connectivity index (χ3v) is 2.30. The number of aliphatic carboxylic acids is 1. The molecule has 0 radical (unpaired) electrons. The number of ether oxygens (including phenoxy) is 1. The van der Waals surface area contributed by atoms with Gasteiger partial charge in [0.15, 0.2) is 0 Å². The molecule has 0 spiro atoms. The van der Waals surface area contributed by atoms with Crippen LogP contribution in [0.25, 0.3) is 0 Å². The van der Waals surface area contributed by atoms with Gasteiger partial charge in [0.25, 0.3) is 0 Å². The van der Waals surface area contributed by atoms with Crippen LogP contribution in [0.15, 0.2) is 12.7 Å². The summed E-state index contributed by atoms with van der Waals surface area (Å²) < 4.78 is 5.24. The minimum atomic E-state index is -0.888. The second kappa shape index (κ2) is 8.69. The van der Waals surface area contributed by atoms with E-state index in [2.05, 4.69) is 11.9 Å². The Hall–Kier alpha value is -1.36. The Morgan fingerprint density at radius 1 is 1.33 bits per heavy atom. The fourth-order valence-corrected chi connectivity index (χ4v) is 1.50. The van der Waals surface area contributed by atoms with Gasteiger partial charge in [-0.1, -0.05) is 19.9 Å². The summed E-state index contributed by atoms with van der Waals surface area (Å²) in [6, 6.07) is 0. The maximum atomic E-state index is 11.6. The Bertz CT molecular complexity index is 287. The van der Waals surface area contributed by atoms with E-state index >= 15 is 0 Å². The van der Waals surface area contributed by atoms with E-state index in [-0.39, 0.29) is 18.7 Å². The average Bonchev–Trinajstić information content (AvgIpc) is 2.20. The SMILES string of the molecule is C=CCCOCCNC(=O)CC(C)(C)CC(=O)O. The number of hydrogen-bond donors (Lipinski definition) is 2. The lowest BCUT2D eigenvalue weighted by Crippen LogP contribution is -2.32. The molecule has 1 amide bonds. The van der Waals surface area contributed by atoms with E-state index < -0.39 is 11.4 Å². The summed E-state index contributed by atoms with van der Waals surface area (Å²) in [5.74, 6) is -1.03. The molecule has 0 aliphatic heterocycles. The summed E-state index contributed by atoms with van der Waals surface area (Å²) in [5, 5.41) is 11.4. The Kier molecular flexibility index (Phi) is 8.03. The topological polar surface area (TPSA) is 75.6 Å². The van der Waals surface area contributed by atoms with Crippen molar-refractivity contribution in [1.29, 1.82) is 0 Å². The first-order valence-corrected chi connectivity index (χ1v) is 6.04. The van der Waals surface area contributed by atoms with Crippen molar-refractivity contribution in [2.24, 2.45) is 5.41 Å². The molecule has 0 saturated carbocycles. The van der Waals surface area contributed by atoms with E-state index in [0.717, 1.165) is 6.42 Å². The van der Waals surface area contributed by atoms with Gasteiger partial charge in [0, 0.05) is 13.0 Å². The number of rotatable bonds is 10. The Morgan fingerprint density at radius 2 is 2.00 bits per heavy atom. The molecule has 0 aromatic rings. The van der Waals surface area contributed by atoms with Gasteiger partial charge in [-0.25, -0.2) is 0 Å². The van der Waals surface area contributed by atoms with Crippen molar-refractivity contribution < 1.29 is 19.4 Å². The molecular formula is C13H23NO4. The van der Waals surface area contributed by atoms with Gasteiger partial charge >= 0.3 is 5.97 Å². The van der Waals surface area contributed by atoms with Crippen LogP contribution in [0.4, 0.5) is 0 Å². The lowest BCUT2D eigenvalue weighted by molar-refractivity contribution is -0.139. The van der Waals surface area contributed by atoms with E-state index in [0.29, 0.717) is 19.8 Å². The van der Waals surface area contributed by atoms with Crippen molar-refractivity contribution in [3.8, 4) is 0 Å². The van der Waals surface area contributed by atoms with Crippen molar-refractivity contribution in [3.63, 3.8) is 0 Å². The van der Waals surface area contributed by atoms with Crippen LogP contribution in [-0.4, -0.2) is 36.7 Å². The van der Waals surface area contributed by atoms with Crippen molar-refractivity contribution in [1.82, 2.24) is 5.32 Å². The van der Waals surface area contributed by atoms with E-state index in [1.165, 1.54) is 0 Å². The molecule has 0 fully saturated rings. The molecule has 5 nitrogen and oxygen atoms in total. The third kappa shape index (κ3) is 9.84. The minimum Gasteiger partial charge on any atom is -0.481 e. The second-order valence-electron chi connectivity index (χ2n) is 4.95. The van der Waals surface area contributed by atoms with Crippen LogP contribution in [0.2, 0.25) is 0 Å². The average molecular weight is 257 g/mol. The third-order valence-electron chi connectivity index (χ3n) is 2.30. The monoisotopic (exact) mass is 257 g/mol. The van der Waals surface area contributed by atoms with Gasteiger partial charge < -0.3 is 15.2 Å². The van der Waals surface area contributed by atoms with Crippen LogP contribution >= 0.6 is 0 Å². The maximum Gasteiger partial charge on any atom is 0.303 e. The zero-order valence-electron chi connectivity index (χ0n) is 11.2. The molecule has 2 N–H and O–H groups in total. The molecule has 0 heterocycles. The Balaban J connectivity index is 3.70. The summed E-state index contributed by atoms with van der Waals surface area (Å²) in [5.41, 5.74) is -0.528. The van der Waals surface area contributed by atoms with Gasteiger partial charge in [0.2, 0.25) is 5.91 Å². The van der Waals surface area contributed by atoms with Crippen molar-refractivity contribution >= 4 is 11.9 Å². The maximum absolute atomic E-state index is 11.6. The number of amides is 1. The van der Waals surface area contributed by atoms with Crippen LogP contribution in [0, 0.1) is 5.41 Å². The summed E-state index contributed by atoms with van der Waals surface area (Å²) in [4.78, 5) is 22.2. The normalized spacial score (nSPS) is 11.0. The summed E-state index contributed by atoms with van der Waals surface area (Å²) in [6.45, 7) is 8.61.